The first kappa shape index (κ1) is 28.6. The molecule has 0 spiro atoms. The number of amides is 1. The molecule has 0 radical (unpaired) electrons. The summed E-state index contributed by atoms with van der Waals surface area (Å²) in [4.78, 5) is 40.7. The number of rotatable bonds is 9. The van der Waals surface area contributed by atoms with E-state index >= 15 is 0 Å². The smallest absolute Gasteiger partial charge is 0.348 e. The zero-order chi connectivity index (χ0) is 30.0. The topological polar surface area (TPSA) is 143 Å². The molecule has 0 atom stereocenters. The number of thiazole rings is 1. The molecule has 13 heteroatoms. The van der Waals surface area contributed by atoms with Crippen LogP contribution in [0.4, 0.5) is 5.69 Å². The molecule has 7 rings (SSSR count). The molecule has 228 valence electrons. The fourth-order valence-electron chi connectivity index (χ4n) is 6.03. The van der Waals surface area contributed by atoms with Gasteiger partial charge < -0.3 is 20.1 Å². The second-order valence-corrected chi connectivity index (χ2v) is 12.3. The summed E-state index contributed by atoms with van der Waals surface area (Å²) < 4.78 is 5.44. The number of morpholine rings is 1. The van der Waals surface area contributed by atoms with Crippen molar-refractivity contribution >= 4 is 50.7 Å². The standard InChI is InChI=1S/C31H34N8O4S/c40-30(34-25-16-20(17-26-23(25)18-33-36-26)21-2-1-3-24-22(21)4-5-32-24)28-29(31(41)42)44-27(35-28)19-39-10-8-37(9-11-39)6-7-38-12-14-43-15-13-38/h1-5,16-18,32H,6-15,19H2,(H,33,36)(H,34,40)(H,41,42). The van der Waals surface area contributed by atoms with E-state index in [1.54, 1.807) is 6.20 Å². The van der Waals surface area contributed by atoms with Crippen molar-refractivity contribution in [3.8, 4) is 11.1 Å². The Labute approximate surface area is 257 Å². The number of nitrogens with one attached hydrogen (secondary N) is 3. The molecule has 0 bridgehead atoms. The monoisotopic (exact) mass is 614 g/mol. The minimum Gasteiger partial charge on any atom is -0.477 e. The van der Waals surface area contributed by atoms with Gasteiger partial charge in [0.2, 0.25) is 0 Å². The minimum atomic E-state index is -1.16. The van der Waals surface area contributed by atoms with Gasteiger partial charge in [0.1, 0.15) is 9.88 Å². The number of H-pyrrole nitrogens is 2. The minimum absolute atomic E-state index is 0.0571. The lowest BCUT2D eigenvalue weighted by Gasteiger charge is -2.36. The van der Waals surface area contributed by atoms with E-state index < -0.39 is 11.9 Å². The Morgan fingerprint density at radius 2 is 1.73 bits per heavy atom. The van der Waals surface area contributed by atoms with E-state index in [-0.39, 0.29) is 10.6 Å². The maximum Gasteiger partial charge on any atom is 0.348 e. The number of carbonyl (C=O) groups is 2. The number of fused-ring (bicyclic) bond motifs is 2. The van der Waals surface area contributed by atoms with Crippen molar-refractivity contribution in [2.24, 2.45) is 0 Å². The lowest BCUT2D eigenvalue weighted by molar-refractivity contribution is 0.0296. The van der Waals surface area contributed by atoms with Gasteiger partial charge in [-0.15, -0.1) is 11.3 Å². The molecule has 5 heterocycles. The van der Waals surface area contributed by atoms with Gasteiger partial charge >= 0.3 is 5.97 Å². The summed E-state index contributed by atoms with van der Waals surface area (Å²) in [5.74, 6) is -1.72. The Morgan fingerprint density at radius 1 is 0.955 bits per heavy atom. The van der Waals surface area contributed by atoms with Crippen LogP contribution in [0.3, 0.4) is 0 Å². The van der Waals surface area contributed by atoms with Gasteiger partial charge in [-0.25, -0.2) is 9.78 Å². The molecular formula is C31H34N8O4S. The molecule has 1 amide bonds. The summed E-state index contributed by atoms with van der Waals surface area (Å²) in [6, 6.07) is 11.9. The van der Waals surface area contributed by atoms with Crippen molar-refractivity contribution in [3.05, 3.63) is 64.4 Å². The second kappa shape index (κ2) is 12.5. The zero-order valence-corrected chi connectivity index (χ0v) is 25.0. The fourth-order valence-corrected chi connectivity index (χ4v) is 6.97. The number of piperazine rings is 1. The van der Waals surface area contributed by atoms with Crippen LogP contribution in [0.15, 0.2) is 48.8 Å². The summed E-state index contributed by atoms with van der Waals surface area (Å²) in [6.45, 7) is 9.83. The Kier molecular flexibility index (Phi) is 8.11. The quantitative estimate of drug-likeness (QED) is 0.196. The van der Waals surface area contributed by atoms with Crippen LogP contribution in [0.25, 0.3) is 32.9 Å². The van der Waals surface area contributed by atoms with Crippen LogP contribution in [-0.2, 0) is 11.3 Å². The summed E-state index contributed by atoms with van der Waals surface area (Å²) in [6.07, 6.45) is 3.54. The largest absolute Gasteiger partial charge is 0.477 e. The lowest BCUT2D eigenvalue weighted by Crippen LogP contribution is -2.49. The molecule has 4 N–H and O–H groups in total. The predicted molar refractivity (Wildman–Crippen MR) is 169 cm³/mol. The molecule has 0 saturated carbocycles. The summed E-state index contributed by atoms with van der Waals surface area (Å²) in [7, 11) is 0. The van der Waals surface area contributed by atoms with Crippen molar-refractivity contribution < 1.29 is 19.4 Å². The molecule has 3 aromatic heterocycles. The van der Waals surface area contributed by atoms with Gasteiger partial charge in [0.05, 0.1) is 37.2 Å². The van der Waals surface area contributed by atoms with E-state index in [2.05, 4.69) is 40.2 Å². The van der Waals surface area contributed by atoms with Gasteiger partial charge in [-0.3, -0.25) is 24.6 Å². The molecule has 2 aliphatic heterocycles. The van der Waals surface area contributed by atoms with Gasteiger partial charge in [-0.05, 0) is 35.4 Å². The van der Waals surface area contributed by atoms with Crippen LogP contribution in [0.2, 0.25) is 0 Å². The highest BCUT2D eigenvalue weighted by Gasteiger charge is 2.26. The predicted octanol–water partition coefficient (Wildman–Crippen LogP) is 3.57. The highest BCUT2D eigenvalue weighted by molar-refractivity contribution is 7.13. The number of hydrogen-bond acceptors (Lipinski definition) is 9. The number of carbonyl (C=O) groups excluding carboxylic acids is 1. The first-order valence-corrected chi connectivity index (χ1v) is 15.7. The Balaban J connectivity index is 1.05. The fraction of sp³-hybridized carbons (Fsp3) is 0.355. The van der Waals surface area contributed by atoms with Gasteiger partial charge in [0.25, 0.3) is 5.91 Å². The molecule has 2 aliphatic rings. The van der Waals surface area contributed by atoms with Gasteiger partial charge in [-0.2, -0.15) is 5.10 Å². The van der Waals surface area contributed by atoms with Gasteiger partial charge in [-0.1, -0.05) is 12.1 Å². The summed E-state index contributed by atoms with van der Waals surface area (Å²) >= 11 is 1.07. The summed E-state index contributed by atoms with van der Waals surface area (Å²) in [5, 5.41) is 22.5. The molecule has 2 aromatic carbocycles. The van der Waals surface area contributed by atoms with E-state index in [1.165, 1.54) is 0 Å². The molecule has 2 saturated heterocycles. The maximum atomic E-state index is 13.6. The number of hydrogen-bond donors (Lipinski definition) is 4. The number of aromatic carboxylic acids is 1. The van der Waals surface area contributed by atoms with Crippen LogP contribution in [0, 0.1) is 0 Å². The van der Waals surface area contributed by atoms with E-state index in [0.717, 1.165) is 110 Å². The number of benzene rings is 2. The SMILES string of the molecule is O=C(Nc1cc(-c2cccc3[nH]ccc23)cc2[nH]ncc12)c1nc(CN2CCN(CCN3CCOCC3)CC2)sc1C(=O)O. The number of aromatic amines is 2. The third-order valence-electron chi connectivity index (χ3n) is 8.45. The third kappa shape index (κ3) is 5.97. The van der Waals surface area contributed by atoms with Crippen molar-refractivity contribution in [3.63, 3.8) is 0 Å². The first-order chi connectivity index (χ1) is 21.5. The number of carboxylic acids is 1. The molecule has 0 unspecified atom stereocenters. The van der Waals surface area contributed by atoms with Crippen molar-refractivity contribution in [1.29, 1.82) is 0 Å². The van der Waals surface area contributed by atoms with E-state index in [4.69, 9.17) is 4.74 Å². The molecule has 12 nitrogen and oxygen atoms in total. The van der Waals surface area contributed by atoms with Crippen molar-refractivity contribution in [2.45, 2.75) is 6.54 Å². The number of anilines is 1. The zero-order valence-electron chi connectivity index (χ0n) is 24.2. The number of carboxylic acid groups (broad SMARTS) is 1. The number of nitrogens with zero attached hydrogens (tertiary/aromatic N) is 5. The van der Waals surface area contributed by atoms with Crippen LogP contribution >= 0.6 is 11.3 Å². The third-order valence-corrected chi connectivity index (χ3v) is 9.48. The van der Waals surface area contributed by atoms with E-state index in [1.807, 2.05) is 42.6 Å². The highest BCUT2D eigenvalue weighted by Crippen LogP contribution is 2.34. The average Bonchev–Trinajstić information content (AvgIpc) is 3.81. The van der Waals surface area contributed by atoms with Crippen LogP contribution in [0.5, 0.6) is 0 Å². The second-order valence-electron chi connectivity index (χ2n) is 11.2. The summed E-state index contributed by atoms with van der Waals surface area (Å²) in [5.41, 5.74) is 4.11. The van der Waals surface area contributed by atoms with Gasteiger partial charge in [0.15, 0.2) is 5.69 Å². The molecule has 0 aliphatic carbocycles. The Hall–Kier alpha value is -4.14. The Bertz CT molecular complexity index is 1800. The number of ether oxygens (including phenoxy) is 1. The van der Waals surface area contributed by atoms with Crippen LogP contribution in [-0.4, -0.2) is 117 Å². The van der Waals surface area contributed by atoms with Crippen molar-refractivity contribution in [2.75, 3.05) is 70.9 Å². The lowest BCUT2D eigenvalue weighted by atomic mass is 9.99. The first-order valence-electron chi connectivity index (χ1n) is 14.8. The van der Waals surface area contributed by atoms with E-state index in [9.17, 15) is 14.7 Å². The Morgan fingerprint density at radius 3 is 2.52 bits per heavy atom. The van der Waals surface area contributed by atoms with E-state index in [0.29, 0.717) is 17.2 Å². The maximum absolute atomic E-state index is 13.6. The molecular weight excluding hydrogens is 580 g/mol. The van der Waals surface area contributed by atoms with Crippen molar-refractivity contribution in [1.82, 2.24) is 34.9 Å². The van der Waals surface area contributed by atoms with Crippen LogP contribution < -0.4 is 5.32 Å². The molecule has 44 heavy (non-hydrogen) atoms. The molecule has 5 aromatic rings. The average molecular weight is 615 g/mol. The van der Waals surface area contributed by atoms with Gasteiger partial charge in [0, 0.05) is 74.8 Å². The normalized spacial score (nSPS) is 17.0. The molecule has 2 fully saturated rings. The van der Waals surface area contributed by atoms with Crippen LogP contribution in [0.1, 0.15) is 25.2 Å². The highest BCUT2D eigenvalue weighted by atomic mass is 32.1. The number of aromatic nitrogens is 4.